The summed E-state index contributed by atoms with van der Waals surface area (Å²) in [6, 6.07) is 6.73. The molecule has 1 aliphatic heterocycles. The standard InChI is InChI=1S/C23H28FN3O2/c1-13(23(28)27-15-4-7-25-8-5-15)22-17-11-16(12-18(17)22)29-21-6-9-26-20-3-2-14(24)10-19(20)21/h2-3,6,9-10,13,15-18,22,25H,4-5,7-8,11-12H2,1H3,(H,27,28)/t13?,16-,17+,18-,22-. The Morgan fingerprint density at radius 3 is 2.76 bits per heavy atom. The van der Waals surface area contributed by atoms with Gasteiger partial charge in [0.05, 0.1) is 11.6 Å². The third kappa shape index (κ3) is 3.70. The molecule has 2 saturated carbocycles. The number of pyridine rings is 1. The lowest BCUT2D eigenvalue weighted by Crippen LogP contribution is -2.45. The van der Waals surface area contributed by atoms with Crippen molar-refractivity contribution in [3.8, 4) is 5.75 Å². The van der Waals surface area contributed by atoms with Gasteiger partial charge in [-0.05, 0) is 80.8 Å². The van der Waals surface area contributed by atoms with E-state index in [-0.39, 0.29) is 23.7 Å². The molecule has 3 fully saturated rings. The summed E-state index contributed by atoms with van der Waals surface area (Å²) in [4.78, 5) is 17.0. The Morgan fingerprint density at radius 2 is 2.00 bits per heavy atom. The molecule has 0 bridgehead atoms. The van der Waals surface area contributed by atoms with Gasteiger partial charge in [0.1, 0.15) is 11.6 Å². The highest BCUT2D eigenvalue weighted by molar-refractivity contribution is 5.84. The minimum Gasteiger partial charge on any atom is -0.490 e. The van der Waals surface area contributed by atoms with Crippen LogP contribution in [0.25, 0.3) is 10.9 Å². The van der Waals surface area contributed by atoms with Gasteiger partial charge in [-0.2, -0.15) is 0 Å². The minimum atomic E-state index is -0.279. The molecule has 0 radical (unpaired) electrons. The van der Waals surface area contributed by atoms with E-state index in [0.717, 1.165) is 49.7 Å². The smallest absolute Gasteiger partial charge is 0.223 e. The zero-order valence-corrected chi connectivity index (χ0v) is 16.7. The van der Waals surface area contributed by atoms with Gasteiger partial charge < -0.3 is 15.4 Å². The number of rotatable bonds is 5. The molecule has 2 N–H and O–H groups in total. The zero-order chi connectivity index (χ0) is 20.0. The van der Waals surface area contributed by atoms with Gasteiger partial charge >= 0.3 is 0 Å². The molecule has 1 unspecified atom stereocenters. The van der Waals surface area contributed by atoms with Crippen LogP contribution in [0, 0.1) is 29.5 Å². The Balaban J connectivity index is 1.17. The summed E-state index contributed by atoms with van der Waals surface area (Å²) in [7, 11) is 0. The summed E-state index contributed by atoms with van der Waals surface area (Å²) in [5.74, 6) is 2.31. The van der Waals surface area contributed by atoms with Crippen LogP contribution in [0.5, 0.6) is 5.75 Å². The first-order valence-electron chi connectivity index (χ1n) is 10.8. The van der Waals surface area contributed by atoms with Gasteiger partial charge in [0, 0.05) is 23.5 Å². The Labute approximate surface area is 170 Å². The van der Waals surface area contributed by atoms with E-state index in [2.05, 4.69) is 22.5 Å². The molecular weight excluding hydrogens is 369 g/mol. The van der Waals surface area contributed by atoms with Crippen LogP contribution in [0.3, 0.4) is 0 Å². The maximum atomic E-state index is 13.7. The van der Waals surface area contributed by atoms with Crippen molar-refractivity contribution in [3.63, 3.8) is 0 Å². The largest absolute Gasteiger partial charge is 0.490 e. The summed E-state index contributed by atoms with van der Waals surface area (Å²) in [5, 5.41) is 7.31. The molecule has 3 aliphatic rings. The number of nitrogens with zero attached hydrogens (tertiary/aromatic N) is 1. The highest BCUT2D eigenvalue weighted by atomic mass is 19.1. The topological polar surface area (TPSA) is 63.2 Å². The molecule has 5 rings (SSSR count). The fraction of sp³-hybridized carbons (Fsp3) is 0.565. The lowest BCUT2D eigenvalue weighted by Gasteiger charge is -2.26. The van der Waals surface area contributed by atoms with E-state index in [9.17, 15) is 9.18 Å². The van der Waals surface area contributed by atoms with Crippen LogP contribution in [0.15, 0.2) is 30.5 Å². The van der Waals surface area contributed by atoms with Crippen LogP contribution in [-0.4, -0.2) is 36.1 Å². The molecule has 1 amide bonds. The average molecular weight is 397 g/mol. The number of hydrogen-bond donors (Lipinski definition) is 2. The minimum absolute atomic E-state index is 0.0664. The van der Waals surface area contributed by atoms with Crippen LogP contribution in [0.1, 0.15) is 32.6 Å². The van der Waals surface area contributed by atoms with E-state index in [1.165, 1.54) is 12.1 Å². The predicted molar refractivity (Wildman–Crippen MR) is 109 cm³/mol. The second-order valence-electron chi connectivity index (χ2n) is 8.91. The number of aromatic nitrogens is 1. The number of carbonyl (C=O) groups excluding carboxylic acids is 1. The van der Waals surface area contributed by atoms with E-state index >= 15 is 0 Å². The number of halogens is 1. The van der Waals surface area contributed by atoms with Gasteiger partial charge in [-0.1, -0.05) is 6.92 Å². The quantitative estimate of drug-likeness (QED) is 0.813. The molecule has 154 valence electrons. The first kappa shape index (κ1) is 18.8. The maximum Gasteiger partial charge on any atom is 0.223 e. The molecular formula is C23H28FN3O2. The number of nitrogens with one attached hydrogen (secondary N) is 2. The Hall–Kier alpha value is -2.21. The number of carbonyl (C=O) groups is 1. The van der Waals surface area contributed by atoms with Crippen molar-refractivity contribution in [1.82, 2.24) is 15.6 Å². The Bertz CT molecular complexity index is 902. The third-order valence-corrected chi connectivity index (χ3v) is 7.10. The second-order valence-corrected chi connectivity index (χ2v) is 8.91. The molecule has 2 aromatic rings. The van der Waals surface area contributed by atoms with Gasteiger partial charge in [0.2, 0.25) is 5.91 Å². The average Bonchev–Trinajstić information content (AvgIpc) is 3.23. The zero-order valence-electron chi connectivity index (χ0n) is 16.7. The third-order valence-electron chi connectivity index (χ3n) is 7.10. The van der Waals surface area contributed by atoms with Crippen molar-refractivity contribution in [2.24, 2.45) is 23.7 Å². The summed E-state index contributed by atoms with van der Waals surface area (Å²) < 4.78 is 19.9. The van der Waals surface area contributed by atoms with Crippen molar-refractivity contribution in [2.75, 3.05) is 13.1 Å². The highest BCUT2D eigenvalue weighted by Crippen LogP contribution is 2.61. The fourth-order valence-corrected chi connectivity index (χ4v) is 5.53. The van der Waals surface area contributed by atoms with E-state index in [1.807, 2.05) is 6.07 Å². The van der Waals surface area contributed by atoms with Crippen molar-refractivity contribution < 1.29 is 13.9 Å². The molecule has 1 aromatic carbocycles. The molecule has 5 nitrogen and oxygen atoms in total. The van der Waals surface area contributed by atoms with E-state index in [4.69, 9.17) is 4.74 Å². The molecule has 6 heteroatoms. The van der Waals surface area contributed by atoms with Gasteiger partial charge in [-0.25, -0.2) is 4.39 Å². The molecule has 5 atom stereocenters. The first-order valence-corrected chi connectivity index (χ1v) is 10.8. The molecule has 29 heavy (non-hydrogen) atoms. The van der Waals surface area contributed by atoms with Gasteiger partial charge in [-0.15, -0.1) is 0 Å². The Morgan fingerprint density at radius 1 is 1.24 bits per heavy atom. The lowest BCUT2D eigenvalue weighted by molar-refractivity contribution is -0.126. The van der Waals surface area contributed by atoms with E-state index < -0.39 is 0 Å². The number of benzene rings is 1. The lowest BCUT2D eigenvalue weighted by atomic mass is 9.96. The van der Waals surface area contributed by atoms with E-state index in [1.54, 1.807) is 12.3 Å². The number of fused-ring (bicyclic) bond motifs is 2. The summed E-state index contributed by atoms with van der Waals surface area (Å²) >= 11 is 0. The second kappa shape index (κ2) is 7.56. The summed E-state index contributed by atoms with van der Waals surface area (Å²) in [5.41, 5.74) is 0.744. The van der Waals surface area contributed by atoms with Gasteiger partial charge in [0.15, 0.2) is 0 Å². The van der Waals surface area contributed by atoms with Crippen molar-refractivity contribution in [1.29, 1.82) is 0 Å². The van der Waals surface area contributed by atoms with Crippen LogP contribution in [-0.2, 0) is 4.79 Å². The summed E-state index contributed by atoms with van der Waals surface area (Å²) in [6.45, 7) is 4.05. The van der Waals surface area contributed by atoms with Crippen LogP contribution in [0.4, 0.5) is 4.39 Å². The fourth-order valence-electron chi connectivity index (χ4n) is 5.53. The molecule has 0 spiro atoms. The number of amides is 1. The first-order chi connectivity index (χ1) is 14.1. The van der Waals surface area contributed by atoms with E-state index in [0.29, 0.717) is 29.5 Å². The predicted octanol–water partition coefficient (Wildman–Crippen LogP) is 3.28. The van der Waals surface area contributed by atoms with Crippen molar-refractivity contribution >= 4 is 16.8 Å². The molecule has 1 aromatic heterocycles. The van der Waals surface area contributed by atoms with Gasteiger partial charge in [-0.3, -0.25) is 9.78 Å². The van der Waals surface area contributed by atoms with Crippen LogP contribution in [0.2, 0.25) is 0 Å². The maximum absolute atomic E-state index is 13.7. The number of piperidine rings is 1. The Kier molecular flexibility index (Phi) is 4.90. The van der Waals surface area contributed by atoms with Crippen molar-refractivity contribution in [2.45, 2.75) is 44.8 Å². The highest BCUT2D eigenvalue weighted by Gasteiger charge is 2.59. The normalized spacial score (nSPS) is 30.0. The molecule has 1 saturated heterocycles. The molecule has 2 heterocycles. The number of hydrogen-bond acceptors (Lipinski definition) is 4. The molecule has 2 aliphatic carbocycles. The van der Waals surface area contributed by atoms with Crippen LogP contribution < -0.4 is 15.4 Å². The van der Waals surface area contributed by atoms with Gasteiger partial charge in [0.25, 0.3) is 0 Å². The monoisotopic (exact) mass is 397 g/mol. The van der Waals surface area contributed by atoms with Crippen LogP contribution >= 0.6 is 0 Å². The SMILES string of the molecule is CC(C(=O)NC1CCNCC1)[C@H]1[C@@H]2C[C@H](Oc3ccnc4ccc(F)cc34)C[C@@H]21. The summed E-state index contributed by atoms with van der Waals surface area (Å²) in [6.07, 6.45) is 5.83. The number of ether oxygens (including phenoxy) is 1. The van der Waals surface area contributed by atoms with Crippen molar-refractivity contribution in [3.05, 3.63) is 36.3 Å².